The number of aliphatic hydroxyl groups is 1. The van der Waals surface area contributed by atoms with Crippen molar-refractivity contribution in [3.63, 3.8) is 0 Å². The van der Waals surface area contributed by atoms with Crippen LogP contribution in [-0.4, -0.2) is 33.7 Å². The molecule has 1 atom stereocenters. The van der Waals surface area contributed by atoms with Gasteiger partial charge in [0.25, 0.3) is 0 Å². The Morgan fingerprint density at radius 3 is 2.70 bits per heavy atom. The second-order valence-electron chi connectivity index (χ2n) is 6.42. The van der Waals surface area contributed by atoms with Crippen molar-refractivity contribution in [3.8, 4) is 0 Å². The number of rotatable bonds is 5. The lowest BCUT2D eigenvalue weighted by atomic mass is 9.91. The van der Waals surface area contributed by atoms with Gasteiger partial charge in [-0.05, 0) is 31.7 Å². The maximum Gasteiger partial charge on any atom is 0.0940 e. The predicted octanol–water partition coefficient (Wildman–Crippen LogP) is 2.86. The molecule has 0 spiro atoms. The molecule has 2 fully saturated rings. The topological polar surface area (TPSA) is 47.3 Å². The van der Waals surface area contributed by atoms with Crippen molar-refractivity contribution in [3.05, 3.63) is 18.0 Å². The van der Waals surface area contributed by atoms with E-state index in [0.29, 0.717) is 12.5 Å². The van der Waals surface area contributed by atoms with Crippen LogP contribution in [0.5, 0.6) is 0 Å². The third kappa shape index (κ3) is 2.63. The summed E-state index contributed by atoms with van der Waals surface area (Å²) in [6.07, 6.45) is 11.6. The van der Waals surface area contributed by atoms with Gasteiger partial charge < -0.3 is 9.84 Å². The van der Waals surface area contributed by atoms with Gasteiger partial charge in [-0.15, -0.1) is 0 Å². The van der Waals surface area contributed by atoms with E-state index in [-0.39, 0.29) is 5.60 Å². The van der Waals surface area contributed by atoms with E-state index in [2.05, 4.69) is 22.0 Å². The first-order valence-corrected chi connectivity index (χ1v) is 8.01. The highest BCUT2D eigenvalue weighted by molar-refractivity contribution is 5.06. The Labute approximate surface area is 121 Å². The van der Waals surface area contributed by atoms with Gasteiger partial charge in [0, 0.05) is 19.7 Å². The van der Waals surface area contributed by atoms with Crippen LogP contribution in [0, 0.1) is 0 Å². The molecule has 2 aliphatic carbocycles. The minimum Gasteiger partial charge on any atom is -0.390 e. The fourth-order valence-electron chi connectivity index (χ4n) is 3.89. The van der Waals surface area contributed by atoms with Crippen molar-refractivity contribution < 1.29 is 9.84 Å². The van der Waals surface area contributed by atoms with Crippen molar-refractivity contribution in [2.75, 3.05) is 7.11 Å². The molecule has 0 radical (unpaired) electrons. The first-order valence-electron chi connectivity index (χ1n) is 8.01. The van der Waals surface area contributed by atoms with Crippen LogP contribution in [0.3, 0.4) is 0 Å². The average molecular weight is 278 g/mol. The lowest BCUT2D eigenvalue weighted by Crippen LogP contribution is -2.43. The van der Waals surface area contributed by atoms with Crippen molar-refractivity contribution in [1.82, 2.24) is 9.78 Å². The van der Waals surface area contributed by atoms with Gasteiger partial charge in [-0.25, -0.2) is 0 Å². The van der Waals surface area contributed by atoms with Gasteiger partial charge in [-0.1, -0.05) is 25.7 Å². The maximum atomic E-state index is 10.6. The molecule has 0 amide bonds. The molecule has 4 heteroatoms. The van der Waals surface area contributed by atoms with Crippen molar-refractivity contribution in [2.24, 2.45) is 0 Å². The van der Waals surface area contributed by atoms with Crippen LogP contribution in [0.25, 0.3) is 0 Å². The predicted molar refractivity (Wildman–Crippen MR) is 77.7 cm³/mol. The SMILES string of the molecule is COC1(C(O)Cc2ccn(C3CCCC3)n2)CCCC1. The van der Waals surface area contributed by atoms with Gasteiger partial charge in [-0.2, -0.15) is 5.10 Å². The van der Waals surface area contributed by atoms with Gasteiger partial charge in [0.2, 0.25) is 0 Å². The maximum absolute atomic E-state index is 10.6. The molecular weight excluding hydrogens is 252 g/mol. The van der Waals surface area contributed by atoms with E-state index in [0.717, 1.165) is 31.4 Å². The molecule has 4 nitrogen and oxygen atoms in total. The van der Waals surface area contributed by atoms with Crippen LogP contribution in [-0.2, 0) is 11.2 Å². The minimum atomic E-state index is -0.443. The third-order valence-electron chi connectivity index (χ3n) is 5.23. The standard InChI is InChI=1S/C16H26N2O2/c1-20-16(9-4-5-10-16)15(19)12-13-8-11-18(17-13)14-6-2-3-7-14/h8,11,14-15,19H,2-7,9-10,12H2,1H3. The number of hydrogen-bond acceptors (Lipinski definition) is 3. The molecular formula is C16H26N2O2. The summed E-state index contributed by atoms with van der Waals surface area (Å²) in [5.74, 6) is 0. The summed E-state index contributed by atoms with van der Waals surface area (Å²) in [5.41, 5.74) is 0.657. The lowest BCUT2D eigenvalue weighted by Gasteiger charge is -2.32. The van der Waals surface area contributed by atoms with Crippen LogP contribution < -0.4 is 0 Å². The van der Waals surface area contributed by atoms with Crippen LogP contribution in [0.1, 0.15) is 63.1 Å². The van der Waals surface area contributed by atoms with E-state index in [1.165, 1.54) is 25.7 Å². The minimum absolute atomic E-state index is 0.336. The summed E-state index contributed by atoms with van der Waals surface area (Å²) in [4.78, 5) is 0. The first-order chi connectivity index (χ1) is 9.73. The number of aliphatic hydroxyl groups excluding tert-OH is 1. The Bertz CT molecular complexity index is 431. The Morgan fingerprint density at radius 1 is 1.35 bits per heavy atom. The molecule has 20 heavy (non-hydrogen) atoms. The summed E-state index contributed by atoms with van der Waals surface area (Å²) >= 11 is 0. The molecule has 2 saturated carbocycles. The fraction of sp³-hybridized carbons (Fsp3) is 0.812. The van der Waals surface area contributed by atoms with E-state index < -0.39 is 6.10 Å². The van der Waals surface area contributed by atoms with Gasteiger partial charge in [0.15, 0.2) is 0 Å². The Balaban J connectivity index is 1.65. The second-order valence-corrected chi connectivity index (χ2v) is 6.42. The lowest BCUT2D eigenvalue weighted by molar-refractivity contribution is -0.0974. The van der Waals surface area contributed by atoms with E-state index in [1.807, 2.05) is 0 Å². The van der Waals surface area contributed by atoms with Gasteiger partial charge in [-0.3, -0.25) is 4.68 Å². The van der Waals surface area contributed by atoms with Crippen molar-refractivity contribution in [1.29, 1.82) is 0 Å². The average Bonchev–Trinajstić information content (AvgIpc) is 3.20. The molecule has 1 N–H and O–H groups in total. The van der Waals surface area contributed by atoms with Crippen LogP contribution in [0.4, 0.5) is 0 Å². The molecule has 1 heterocycles. The molecule has 1 aromatic heterocycles. The van der Waals surface area contributed by atoms with Gasteiger partial charge in [0.05, 0.1) is 23.4 Å². The molecule has 0 saturated heterocycles. The molecule has 112 valence electrons. The number of nitrogens with zero attached hydrogens (tertiary/aromatic N) is 2. The number of ether oxygens (including phenoxy) is 1. The molecule has 1 unspecified atom stereocenters. The van der Waals surface area contributed by atoms with Crippen LogP contribution in [0.2, 0.25) is 0 Å². The van der Waals surface area contributed by atoms with E-state index in [9.17, 15) is 5.11 Å². The first kappa shape index (κ1) is 14.1. The van der Waals surface area contributed by atoms with E-state index in [4.69, 9.17) is 4.74 Å². The zero-order valence-electron chi connectivity index (χ0n) is 12.4. The summed E-state index contributed by atoms with van der Waals surface area (Å²) < 4.78 is 7.76. The number of methoxy groups -OCH3 is 1. The third-order valence-corrected chi connectivity index (χ3v) is 5.23. The quantitative estimate of drug-likeness (QED) is 0.901. The highest BCUT2D eigenvalue weighted by atomic mass is 16.5. The molecule has 1 aromatic rings. The molecule has 0 aromatic carbocycles. The zero-order chi connectivity index (χ0) is 14.0. The number of hydrogen-bond donors (Lipinski definition) is 1. The van der Waals surface area contributed by atoms with Crippen molar-refractivity contribution >= 4 is 0 Å². The molecule has 0 bridgehead atoms. The Morgan fingerprint density at radius 2 is 2.05 bits per heavy atom. The Kier molecular flexibility index (Phi) is 4.13. The van der Waals surface area contributed by atoms with Crippen LogP contribution in [0.15, 0.2) is 12.3 Å². The summed E-state index contributed by atoms with van der Waals surface area (Å²) in [6, 6.07) is 2.63. The summed E-state index contributed by atoms with van der Waals surface area (Å²) in [7, 11) is 1.73. The molecule has 3 rings (SSSR count). The van der Waals surface area contributed by atoms with Crippen LogP contribution >= 0.6 is 0 Å². The fourth-order valence-corrected chi connectivity index (χ4v) is 3.89. The van der Waals surface area contributed by atoms with E-state index >= 15 is 0 Å². The van der Waals surface area contributed by atoms with Gasteiger partial charge >= 0.3 is 0 Å². The summed E-state index contributed by atoms with van der Waals surface area (Å²) in [5, 5.41) is 15.2. The van der Waals surface area contributed by atoms with Crippen molar-refractivity contribution in [2.45, 2.75) is 75.5 Å². The van der Waals surface area contributed by atoms with Gasteiger partial charge in [0.1, 0.15) is 0 Å². The smallest absolute Gasteiger partial charge is 0.0940 e. The molecule has 0 aliphatic heterocycles. The monoisotopic (exact) mass is 278 g/mol. The van der Waals surface area contributed by atoms with E-state index in [1.54, 1.807) is 7.11 Å². The highest BCUT2D eigenvalue weighted by Crippen LogP contribution is 2.36. The molecule has 2 aliphatic rings. The Hall–Kier alpha value is -0.870. The zero-order valence-corrected chi connectivity index (χ0v) is 12.4. The number of aromatic nitrogens is 2. The largest absolute Gasteiger partial charge is 0.390 e. The highest BCUT2D eigenvalue weighted by Gasteiger charge is 2.41. The summed E-state index contributed by atoms with van der Waals surface area (Å²) in [6.45, 7) is 0. The second kappa shape index (κ2) is 5.86. The normalized spacial score (nSPS) is 24.3.